The SMILES string of the molecule is O=C(O)CCSCc1cccc(NC(=O)CNC(=O)Cc2ccccc2)c1. The van der Waals surface area contributed by atoms with Crippen molar-refractivity contribution in [3.8, 4) is 0 Å². The van der Waals surface area contributed by atoms with E-state index in [1.54, 1.807) is 6.07 Å². The van der Waals surface area contributed by atoms with Gasteiger partial charge in [-0.3, -0.25) is 14.4 Å². The van der Waals surface area contributed by atoms with Gasteiger partial charge in [0.25, 0.3) is 0 Å². The van der Waals surface area contributed by atoms with Gasteiger partial charge < -0.3 is 15.7 Å². The summed E-state index contributed by atoms with van der Waals surface area (Å²) in [4.78, 5) is 34.4. The highest BCUT2D eigenvalue weighted by molar-refractivity contribution is 7.98. The zero-order chi connectivity index (χ0) is 19.5. The van der Waals surface area contributed by atoms with Crippen LogP contribution in [0.2, 0.25) is 0 Å². The standard InChI is InChI=1S/C20H22N2O4S/c23-18(12-15-5-2-1-3-6-15)21-13-19(24)22-17-8-4-7-16(11-17)14-27-10-9-20(25)26/h1-8,11H,9-10,12-14H2,(H,21,23)(H,22,24)(H,25,26). The highest BCUT2D eigenvalue weighted by Crippen LogP contribution is 2.17. The predicted molar refractivity (Wildman–Crippen MR) is 107 cm³/mol. The number of carboxylic acids is 1. The molecule has 0 bridgehead atoms. The third kappa shape index (κ3) is 8.42. The fourth-order valence-electron chi connectivity index (χ4n) is 2.32. The summed E-state index contributed by atoms with van der Waals surface area (Å²) in [5.41, 5.74) is 2.54. The summed E-state index contributed by atoms with van der Waals surface area (Å²) in [6.07, 6.45) is 0.362. The summed E-state index contributed by atoms with van der Waals surface area (Å²) >= 11 is 1.53. The van der Waals surface area contributed by atoms with Crippen LogP contribution in [-0.4, -0.2) is 35.2 Å². The Morgan fingerprint density at radius 2 is 1.67 bits per heavy atom. The molecule has 0 unspecified atom stereocenters. The van der Waals surface area contributed by atoms with Gasteiger partial charge in [0.05, 0.1) is 19.4 Å². The molecule has 0 spiro atoms. The minimum absolute atomic E-state index is 0.0940. The van der Waals surface area contributed by atoms with Gasteiger partial charge in [-0.25, -0.2) is 0 Å². The van der Waals surface area contributed by atoms with Crippen molar-refractivity contribution < 1.29 is 19.5 Å². The molecular weight excluding hydrogens is 364 g/mol. The van der Waals surface area contributed by atoms with E-state index >= 15 is 0 Å². The highest BCUT2D eigenvalue weighted by atomic mass is 32.2. The topological polar surface area (TPSA) is 95.5 Å². The molecule has 0 saturated carbocycles. The van der Waals surface area contributed by atoms with Gasteiger partial charge in [0.2, 0.25) is 11.8 Å². The maximum absolute atomic E-state index is 12.0. The van der Waals surface area contributed by atoms with Crippen molar-refractivity contribution in [1.82, 2.24) is 5.32 Å². The molecule has 0 radical (unpaired) electrons. The lowest BCUT2D eigenvalue weighted by molar-refractivity contribution is -0.136. The first kappa shape index (κ1) is 20.5. The van der Waals surface area contributed by atoms with Crippen molar-refractivity contribution in [2.75, 3.05) is 17.6 Å². The van der Waals surface area contributed by atoms with E-state index in [1.165, 1.54) is 11.8 Å². The molecular formula is C20H22N2O4S. The highest BCUT2D eigenvalue weighted by Gasteiger charge is 2.07. The number of carbonyl (C=O) groups excluding carboxylic acids is 2. The van der Waals surface area contributed by atoms with E-state index in [2.05, 4.69) is 10.6 Å². The van der Waals surface area contributed by atoms with Crippen LogP contribution >= 0.6 is 11.8 Å². The average molecular weight is 386 g/mol. The molecule has 0 heterocycles. The number of aliphatic carboxylic acids is 1. The van der Waals surface area contributed by atoms with Crippen molar-refractivity contribution in [1.29, 1.82) is 0 Å². The van der Waals surface area contributed by atoms with Crippen LogP contribution in [0.4, 0.5) is 5.69 Å². The van der Waals surface area contributed by atoms with Gasteiger partial charge in [-0.2, -0.15) is 11.8 Å². The number of anilines is 1. The third-order valence-corrected chi connectivity index (χ3v) is 4.62. The van der Waals surface area contributed by atoms with Crippen molar-refractivity contribution in [2.45, 2.75) is 18.6 Å². The van der Waals surface area contributed by atoms with E-state index in [-0.39, 0.29) is 31.2 Å². The Kier molecular flexibility index (Phi) is 8.38. The molecule has 3 N–H and O–H groups in total. The summed E-state index contributed by atoms with van der Waals surface area (Å²) in [6.45, 7) is -0.0940. The number of carboxylic acid groups (broad SMARTS) is 1. The maximum atomic E-state index is 12.0. The number of amides is 2. The second-order valence-electron chi connectivity index (χ2n) is 5.88. The lowest BCUT2D eigenvalue weighted by atomic mass is 10.1. The van der Waals surface area contributed by atoms with Gasteiger partial charge in [0.15, 0.2) is 0 Å². The predicted octanol–water partition coefficient (Wildman–Crippen LogP) is 2.69. The fraction of sp³-hybridized carbons (Fsp3) is 0.250. The van der Waals surface area contributed by atoms with Crippen LogP contribution in [0.25, 0.3) is 0 Å². The molecule has 7 heteroatoms. The molecule has 0 fully saturated rings. The molecule has 2 amide bonds. The molecule has 142 valence electrons. The molecule has 6 nitrogen and oxygen atoms in total. The minimum Gasteiger partial charge on any atom is -0.481 e. The Bertz CT molecular complexity index is 781. The van der Waals surface area contributed by atoms with Gasteiger partial charge in [-0.1, -0.05) is 42.5 Å². The van der Waals surface area contributed by atoms with E-state index in [0.29, 0.717) is 17.2 Å². The monoisotopic (exact) mass is 386 g/mol. The molecule has 0 saturated heterocycles. The quantitative estimate of drug-likeness (QED) is 0.546. The molecule has 0 atom stereocenters. The van der Waals surface area contributed by atoms with Gasteiger partial charge in [0.1, 0.15) is 0 Å². The lowest BCUT2D eigenvalue weighted by Gasteiger charge is -2.09. The van der Waals surface area contributed by atoms with Gasteiger partial charge in [0, 0.05) is 17.2 Å². The zero-order valence-electron chi connectivity index (χ0n) is 14.8. The Balaban J connectivity index is 1.74. The zero-order valence-corrected chi connectivity index (χ0v) is 15.6. The van der Waals surface area contributed by atoms with E-state index in [1.807, 2.05) is 48.5 Å². The fourth-order valence-corrected chi connectivity index (χ4v) is 3.19. The van der Waals surface area contributed by atoms with E-state index < -0.39 is 5.97 Å². The van der Waals surface area contributed by atoms with Crippen molar-refractivity contribution in [3.63, 3.8) is 0 Å². The summed E-state index contributed by atoms with van der Waals surface area (Å²) in [5, 5.41) is 14.0. The maximum Gasteiger partial charge on any atom is 0.304 e. The first-order valence-electron chi connectivity index (χ1n) is 8.52. The number of carbonyl (C=O) groups is 3. The first-order valence-corrected chi connectivity index (χ1v) is 9.67. The average Bonchev–Trinajstić information content (AvgIpc) is 2.65. The van der Waals surface area contributed by atoms with Crippen LogP contribution in [-0.2, 0) is 26.6 Å². The number of thioether (sulfide) groups is 1. The molecule has 2 aromatic carbocycles. The summed E-state index contributed by atoms with van der Waals surface area (Å²) < 4.78 is 0. The van der Waals surface area contributed by atoms with Crippen molar-refractivity contribution >= 4 is 35.2 Å². The number of hydrogen-bond acceptors (Lipinski definition) is 4. The second-order valence-corrected chi connectivity index (χ2v) is 6.99. The summed E-state index contributed by atoms with van der Waals surface area (Å²) in [6, 6.07) is 16.7. The van der Waals surface area contributed by atoms with Crippen LogP contribution in [0.15, 0.2) is 54.6 Å². The summed E-state index contributed by atoms with van der Waals surface area (Å²) in [5.74, 6) is -0.102. The molecule has 2 rings (SSSR count). The Morgan fingerprint density at radius 3 is 2.41 bits per heavy atom. The Morgan fingerprint density at radius 1 is 0.926 bits per heavy atom. The number of benzene rings is 2. The van der Waals surface area contributed by atoms with Crippen LogP contribution < -0.4 is 10.6 Å². The third-order valence-electron chi connectivity index (χ3n) is 3.59. The van der Waals surface area contributed by atoms with Gasteiger partial charge >= 0.3 is 5.97 Å². The smallest absolute Gasteiger partial charge is 0.304 e. The Labute approximate surface area is 162 Å². The lowest BCUT2D eigenvalue weighted by Crippen LogP contribution is -2.33. The van der Waals surface area contributed by atoms with Gasteiger partial charge in [-0.15, -0.1) is 0 Å². The van der Waals surface area contributed by atoms with E-state index in [0.717, 1.165) is 11.1 Å². The Hall–Kier alpha value is -2.80. The van der Waals surface area contributed by atoms with Crippen LogP contribution in [0, 0.1) is 0 Å². The molecule has 2 aromatic rings. The molecule has 0 aliphatic heterocycles. The second kappa shape index (κ2) is 11.0. The minimum atomic E-state index is -0.808. The molecule has 0 aliphatic rings. The number of rotatable bonds is 10. The van der Waals surface area contributed by atoms with Crippen molar-refractivity contribution in [3.05, 3.63) is 65.7 Å². The van der Waals surface area contributed by atoms with Crippen LogP contribution in [0.1, 0.15) is 17.5 Å². The first-order chi connectivity index (χ1) is 13.0. The normalized spacial score (nSPS) is 10.2. The van der Waals surface area contributed by atoms with Crippen LogP contribution in [0.5, 0.6) is 0 Å². The molecule has 0 aromatic heterocycles. The number of nitrogens with one attached hydrogen (secondary N) is 2. The molecule has 0 aliphatic carbocycles. The number of hydrogen-bond donors (Lipinski definition) is 3. The molecule has 27 heavy (non-hydrogen) atoms. The van der Waals surface area contributed by atoms with Crippen molar-refractivity contribution in [2.24, 2.45) is 0 Å². The van der Waals surface area contributed by atoms with E-state index in [9.17, 15) is 14.4 Å². The largest absolute Gasteiger partial charge is 0.481 e. The van der Waals surface area contributed by atoms with Crippen LogP contribution in [0.3, 0.4) is 0 Å². The summed E-state index contributed by atoms with van der Waals surface area (Å²) in [7, 11) is 0. The van der Waals surface area contributed by atoms with E-state index in [4.69, 9.17) is 5.11 Å². The van der Waals surface area contributed by atoms with Gasteiger partial charge in [-0.05, 0) is 23.3 Å².